The molecule has 4 heteroatoms. The summed E-state index contributed by atoms with van der Waals surface area (Å²) in [4.78, 5) is 15.2. The molecule has 0 saturated heterocycles. The number of rotatable bonds is 4. The van der Waals surface area contributed by atoms with E-state index in [4.69, 9.17) is 4.74 Å². The van der Waals surface area contributed by atoms with Crippen molar-refractivity contribution in [2.75, 3.05) is 6.26 Å². The molecule has 3 nitrogen and oxygen atoms in total. The lowest BCUT2D eigenvalue weighted by molar-refractivity contribution is 0.0143. The molecule has 1 amide bonds. The molecule has 1 atom stereocenters. The van der Waals surface area contributed by atoms with Crippen LogP contribution in [0.4, 0.5) is 4.79 Å². The molecule has 18 heavy (non-hydrogen) atoms. The van der Waals surface area contributed by atoms with Crippen molar-refractivity contribution in [3.63, 3.8) is 0 Å². The van der Waals surface area contributed by atoms with Crippen molar-refractivity contribution in [1.29, 1.82) is 0 Å². The van der Waals surface area contributed by atoms with Crippen molar-refractivity contribution in [2.24, 2.45) is 0 Å². The normalized spacial score (nSPS) is 14.6. The number of nitrogens with zero attached hydrogens (tertiary/aromatic N) is 1. The van der Waals surface area contributed by atoms with E-state index < -0.39 is 5.60 Å². The molecule has 106 valence electrons. The number of thioether (sulfide) groups is 1. The number of carbonyl (C=O) groups excluding carboxylic acids is 1. The van der Waals surface area contributed by atoms with Crippen LogP contribution in [0.3, 0.4) is 0 Å². The van der Waals surface area contributed by atoms with Crippen LogP contribution < -0.4 is 0 Å². The van der Waals surface area contributed by atoms with Gasteiger partial charge in [0.05, 0.1) is 6.04 Å². The fourth-order valence-electron chi connectivity index (χ4n) is 1.80. The Balaban J connectivity index is 5.03. The molecular weight excluding hydrogens is 246 g/mol. The summed E-state index contributed by atoms with van der Waals surface area (Å²) in [6.45, 7) is 13.7. The fraction of sp³-hybridized carbons (Fsp3) is 0.786. The lowest BCUT2D eigenvalue weighted by Gasteiger charge is -2.35. The maximum atomic E-state index is 12.2. The number of hydrogen-bond donors (Lipinski definition) is 0. The number of allylic oxidation sites excluding steroid dienone is 1. The van der Waals surface area contributed by atoms with E-state index in [9.17, 15) is 4.79 Å². The average molecular weight is 273 g/mol. The summed E-state index contributed by atoms with van der Waals surface area (Å²) < 4.78 is 5.47. The summed E-state index contributed by atoms with van der Waals surface area (Å²) in [6, 6.07) is 0.150. The lowest BCUT2D eigenvalue weighted by atomic mass is 10.2. The first-order chi connectivity index (χ1) is 8.14. The zero-order valence-corrected chi connectivity index (χ0v) is 13.7. The summed E-state index contributed by atoms with van der Waals surface area (Å²) in [6.07, 6.45) is 3.83. The zero-order chi connectivity index (χ0) is 14.5. The van der Waals surface area contributed by atoms with Gasteiger partial charge < -0.3 is 4.74 Å². The lowest BCUT2D eigenvalue weighted by Crippen LogP contribution is -2.46. The molecule has 0 N–H and O–H groups in total. The Morgan fingerprint density at radius 3 is 2.06 bits per heavy atom. The van der Waals surface area contributed by atoms with Gasteiger partial charge in [-0.25, -0.2) is 4.79 Å². The second-order valence-corrected chi connectivity index (χ2v) is 6.43. The Bertz CT molecular complexity index is 305. The topological polar surface area (TPSA) is 29.5 Å². The van der Waals surface area contributed by atoms with Crippen LogP contribution in [0.5, 0.6) is 0 Å². The highest BCUT2D eigenvalue weighted by Crippen LogP contribution is 2.24. The largest absolute Gasteiger partial charge is 0.444 e. The van der Waals surface area contributed by atoms with Crippen LogP contribution in [0.2, 0.25) is 0 Å². The first-order valence-electron chi connectivity index (χ1n) is 6.35. The van der Waals surface area contributed by atoms with Crippen LogP contribution in [0, 0.1) is 0 Å². The van der Waals surface area contributed by atoms with Crippen LogP contribution >= 0.6 is 11.8 Å². The van der Waals surface area contributed by atoms with E-state index in [1.54, 1.807) is 16.7 Å². The van der Waals surface area contributed by atoms with Crippen LogP contribution in [-0.2, 0) is 4.74 Å². The van der Waals surface area contributed by atoms with Gasteiger partial charge in [0.15, 0.2) is 0 Å². The monoisotopic (exact) mass is 273 g/mol. The number of ether oxygens (including phenoxy) is 1. The van der Waals surface area contributed by atoms with Gasteiger partial charge in [-0.05, 0) is 54.7 Å². The van der Waals surface area contributed by atoms with Gasteiger partial charge in [-0.1, -0.05) is 6.08 Å². The molecular formula is C14H27NO2S. The second-order valence-electron chi connectivity index (χ2n) is 5.55. The summed E-state index contributed by atoms with van der Waals surface area (Å²) in [5.74, 6) is 0. The van der Waals surface area contributed by atoms with E-state index in [0.717, 1.165) is 0 Å². The molecule has 0 aromatic carbocycles. The summed E-state index contributed by atoms with van der Waals surface area (Å²) in [5, 5.41) is 0. The Hall–Kier alpha value is -0.640. The maximum absolute atomic E-state index is 12.2. The molecule has 0 radical (unpaired) electrons. The summed E-state index contributed by atoms with van der Waals surface area (Å²) >= 11 is 1.67. The number of hydrogen-bond acceptors (Lipinski definition) is 3. The van der Waals surface area contributed by atoms with Crippen molar-refractivity contribution in [3.05, 3.63) is 11.0 Å². The van der Waals surface area contributed by atoms with Gasteiger partial charge in [0.25, 0.3) is 0 Å². The van der Waals surface area contributed by atoms with Gasteiger partial charge in [-0.3, -0.25) is 4.90 Å². The minimum Gasteiger partial charge on any atom is -0.444 e. The van der Waals surface area contributed by atoms with Crippen LogP contribution in [0.1, 0.15) is 48.5 Å². The van der Waals surface area contributed by atoms with E-state index in [-0.39, 0.29) is 18.2 Å². The minimum absolute atomic E-state index is 0.0415. The zero-order valence-electron chi connectivity index (χ0n) is 12.9. The van der Waals surface area contributed by atoms with Crippen LogP contribution in [0.15, 0.2) is 11.0 Å². The summed E-state index contributed by atoms with van der Waals surface area (Å²) in [7, 11) is 0. The molecule has 0 heterocycles. The maximum Gasteiger partial charge on any atom is 0.411 e. The van der Waals surface area contributed by atoms with Gasteiger partial charge in [-0.2, -0.15) is 0 Å². The SMILES string of the molecule is C/C=C(/SC)C(C)N(C(=O)OC(C)(C)C)C(C)C. The van der Waals surface area contributed by atoms with E-state index in [2.05, 4.69) is 6.08 Å². The molecule has 0 aromatic rings. The van der Waals surface area contributed by atoms with Crippen molar-refractivity contribution < 1.29 is 9.53 Å². The van der Waals surface area contributed by atoms with Gasteiger partial charge in [0, 0.05) is 10.9 Å². The first kappa shape index (κ1) is 17.4. The number of carbonyl (C=O) groups is 1. The molecule has 0 fully saturated rings. The van der Waals surface area contributed by atoms with E-state index >= 15 is 0 Å². The molecule has 0 aromatic heterocycles. The first-order valence-corrected chi connectivity index (χ1v) is 7.58. The Morgan fingerprint density at radius 2 is 1.78 bits per heavy atom. The molecule has 1 unspecified atom stereocenters. The highest BCUT2D eigenvalue weighted by Gasteiger charge is 2.29. The molecule has 0 rings (SSSR count). The van der Waals surface area contributed by atoms with E-state index in [1.807, 2.05) is 54.7 Å². The Labute approximate surface area is 116 Å². The van der Waals surface area contributed by atoms with E-state index in [1.165, 1.54) is 4.91 Å². The van der Waals surface area contributed by atoms with Crippen molar-refractivity contribution in [2.45, 2.75) is 66.2 Å². The van der Waals surface area contributed by atoms with Gasteiger partial charge in [0.1, 0.15) is 5.60 Å². The number of amides is 1. The predicted octanol–water partition coefficient (Wildman–Crippen LogP) is 4.29. The molecule has 0 aliphatic heterocycles. The highest BCUT2D eigenvalue weighted by molar-refractivity contribution is 8.02. The standard InChI is InChI=1S/C14H27NO2S/c1-9-12(18-8)11(4)15(10(2)3)13(16)17-14(5,6)7/h9-11H,1-8H3/b12-9+. The predicted molar refractivity (Wildman–Crippen MR) is 79.9 cm³/mol. The average Bonchev–Trinajstić information content (AvgIpc) is 2.15. The van der Waals surface area contributed by atoms with Crippen LogP contribution in [0.25, 0.3) is 0 Å². The van der Waals surface area contributed by atoms with Gasteiger partial charge in [-0.15, -0.1) is 11.8 Å². The van der Waals surface area contributed by atoms with Crippen LogP contribution in [-0.4, -0.2) is 34.9 Å². The minimum atomic E-state index is -0.459. The van der Waals surface area contributed by atoms with Gasteiger partial charge in [0.2, 0.25) is 0 Å². The highest BCUT2D eigenvalue weighted by atomic mass is 32.2. The fourth-order valence-corrected chi connectivity index (χ4v) is 2.49. The Morgan fingerprint density at radius 1 is 1.28 bits per heavy atom. The molecule has 0 spiro atoms. The smallest absolute Gasteiger partial charge is 0.411 e. The second kappa shape index (κ2) is 7.07. The molecule has 0 bridgehead atoms. The van der Waals surface area contributed by atoms with E-state index in [0.29, 0.717) is 0 Å². The molecule has 0 aliphatic rings. The third kappa shape index (κ3) is 5.34. The van der Waals surface area contributed by atoms with Gasteiger partial charge >= 0.3 is 6.09 Å². The third-order valence-electron chi connectivity index (χ3n) is 2.51. The van der Waals surface area contributed by atoms with Crippen molar-refractivity contribution in [1.82, 2.24) is 4.90 Å². The summed E-state index contributed by atoms with van der Waals surface area (Å²) in [5.41, 5.74) is -0.459. The molecule has 0 aliphatic carbocycles. The quantitative estimate of drug-likeness (QED) is 0.765. The molecule has 0 saturated carbocycles. The Kier molecular flexibility index (Phi) is 6.82. The van der Waals surface area contributed by atoms with Crippen molar-refractivity contribution in [3.8, 4) is 0 Å². The third-order valence-corrected chi connectivity index (χ3v) is 3.56. The van der Waals surface area contributed by atoms with Crippen molar-refractivity contribution >= 4 is 17.9 Å².